The lowest BCUT2D eigenvalue weighted by Crippen LogP contribution is -2.41. The molecule has 2 unspecified atom stereocenters. The van der Waals surface area contributed by atoms with Gasteiger partial charge in [-0.25, -0.2) is 15.4 Å². The summed E-state index contributed by atoms with van der Waals surface area (Å²) in [5, 5.41) is 6.93. The van der Waals surface area contributed by atoms with Gasteiger partial charge in [-0.2, -0.15) is 0 Å². The molecule has 1 fully saturated rings. The number of carbonyl (C=O) groups is 1. The lowest BCUT2D eigenvalue weighted by Gasteiger charge is -2.18. The fourth-order valence-electron chi connectivity index (χ4n) is 2.75. The van der Waals surface area contributed by atoms with E-state index in [1.54, 1.807) is 30.6 Å². The molecule has 1 aromatic heterocycles. The molecule has 0 aliphatic carbocycles. The molecule has 9 nitrogen and oxygen atoms in total. The van der Waals surface area contributed by atoms with Gasteiger partial charge in [0.05, 0.1) is 44.8 Å². The van der Waals surface area contributed by atoms with Crippen LogP contribution in [0.5, 0.6) is 5.75 Å². The Morgan fingerprint density at radius 3 is 2.75 bits per heavy atom. The van der Waals surface area contributed by atoms with Crippen LogP contribution in [0.3, 0.4) is 0 Å². The molecular formula is C18H22ClN5O4. The van der Waals surface area contributed by atoms with E-state index in [4.69, 9.17) is 21.1 Å². The summed E-state index contributed by atoms with van der Waals surface area (Å²) in [6, 6.07) is 5.21. The van der Waals surface area contributed by atoms with E-state index in [2.05, 4.69) is 30.9 Å². The molecule has 3 rings (SSSR count). The van der Waals surface area contributed by atoms with Crippen LogP contribution in [0.15, 0.2) is 30.6 Å². The zero-order valence-electron chi connectivity index (χ0n) is 15.6. The zero-order chi connectivity index (χ0) is 19.9. The van der Waals surface area contributed by atoms with Crippen molar-refractivity contribution in [2.24, 2.45) is 0 Å². The maximum absolute atomic E-state index is 11.8. The highest BCUT2D eigenvalue weighted by molar-refractivity contribution is 6.31. The molecule has 2 heterocycles. The van der Waals surface area contributed by atoms with E-state index < -0.39 is 0 Å². The highest BCUT2D eigenvalue weighted by atomic mass is 35.5. The molecule has 0 bridgehead atoms. The average Bonchev–Trinajstić information content (AvgIpc) is 3.15. The van der Waals surface area contributed by atoms with Crippen molar-refractivity contribution >= 4 is 23.5 Å². The molecule has 1 aromatic carbocycles. The first-order valence-electron chi connectivity index (χ1n) is 8.69. The summed E-state index contributed by atoms with van der Waals surface area (Å²) in [5.74, 6) is 0.621. The lowest BCUT2D eigenvalue weighted by molar-refractivity contribution is 0.0537. The molecule has 3 N–H and O–H groups in total. The third-order valence-electron chi connectivity index (χ3n) is 4.29. The maximum atomic E-state index is 11.8. The first-order valence-corrected chi connectivity index (χ1v) is 9.06. The fraction of sp³-hybridized carbons (Fsp3) is 0.389. The Balaban J connectivity index is 1.59. The highest BCUT2D eigenvalue weighted by Gasteiger charge is 2.27. The summed E-state index contributed by atoms with van der Waals surface area (Å²) in [4.78, 5) is 25.0. The smallest absolute Gasteiger partial charge is 0.274 e. The average molecular weight is 408 g/mol. The van der Waals surface area contributed by atoms with Crippen LogP contribution in [0.4, 0.5) is 5.95 Å². The standard InChI is InChI=1S/C18H22ClN5O4/c1-20-15-9-27-10-16(15)23-18-21-6-13(7-22-18)28-8-12-5-11(3-4-14(12)19)17(25)24-26-2/h3-7,15-16,20H,8-10H2,1-2H3,(H,24,25)(H,21,22,23). The van der Waals surface area contributed by atoms with Gasteiger partial charge in [0.1, 0.15) is 6.61 Å². The van der Waals surface area contributed by atoms with Crippen LogP contribution < -0.4 is 20.9 Å². The molecular weight excluding hydrogens is 386 g/mol. The number of hydrogen-bond acceptors (Lipinski definition) is 8. The molecule has 28 heavy (non-hydrogen) atoms. The first-order chi connectivity index (χ1) is 13.6. The van der Waals surface area contributed by atoms with Gasteiger partial charge in [0.15, 0.2) is 5.75 Å². The molecule has 1 amide bonds. The van der Waals surface area contributed by atoms with Crippen LogP contribution in [0.25, 0.3) is 0 Å². The second-order valence-electron chi connectivity index (χ2n) is 6.16. The molecule has 150 valence electrons. The number of hydrogen-bond donors (Lipinski definition) is 3. The van der Waals surface area contributed by atoms with Gasteiger partial charge in [0, 0.05) is 16.1 Å². The second-order valence-corrected chi connectivity index (χ2v) is 6.56. The Hall–Kier alpha value is -2.46. The highest BCUT2D eigenvalue weighted by Crippen LogP contribution is 2.20. The van der Waals surface area contributed by atoms with Crippen molar-refractivity contribution in [3.63, 3.8) is 0 Å². The van der Waals surface area contributed by atoms with Crippen LogP contribution in [0.2, 0.25) is 5.02 Å². The summed E-state index contributed by atoms with van der Waals surface area (Å²) in [6.45, 7) is 1.41. The number of amides is 1. The minimum Gasteiger partial charge on any atom is -0.486 e. The minimum absolute atomic E-state index is 0.108. The van der Waals surface area contributed by atoms with Gasteiger partial charge in [-0.1, -0.05) is 11.6 Å². The summed E-state index contributed by atoms with van der Waals surface area (Å²) in [5.41, 5.74) is 3.34. The Morgan fingerprint density at radius 2 is 2.04 bits per heavy atom. The lowest BCUT2D eigenvalue weighted by atomic mass is 10.1. The van der Waals surface area contributed by atoms with Crippen LogP contribution in [-0.2, 0) is 16.2 Å². The summed E-state index contributed by atoms with van der Waals surface area (Å²) in [6.07, 6.45) is 3.16. The van der Waals surface area contributed by atoms with E-state index >= 15 is 0 Å². The quantitative estimate of drug-likeness (QED) is 0.564. The Kier molecular flexibility index (Phi) is 6.99. The normalized spacial score (nSPS) is 18.7. The van der Waals surface area contributed by atoms with Gasteiger partial charge in [-0.05, 0) is 25.2 Å². The molecule has 1 aliphatic heterocycles. The van der Waals surface area contributed by atoms with Crippen LogP contribution in [-0.4, -0.2) is 55.3 Å². The largest absolute Gasteiger partial charge is 0.486 e. The number of anilines is 1. The van der Waals surface area contributed by atoms with Crippen LogP contribution >= 0.6 is 11.6 Å². The second kappa shape index (κ2) is 9.65. The molecule has 2 aromatic rings. The van der Waals surface area contributed by atoms with Crippen molar-refractivity contribution in [2.45, 2.75) is 18.7 Å². The topological polar surface area (TPSA) is 107 Å². The number of aromatic nitrogens is 2. The number of benzene rings is 1. The SMILES string of the molecule is CNC1COCC1Nc1ncc(OCc2cc(C(=O)NOC)ccc2Cl)cn1. The number of nitrogens with one attached hydrogen (secondary N) is 3. The summed E-state index contributed by atoms with van der Waals surface area (Å²) < 4.78 is 11.1. The van der Waals surface area contributed by atoms with E-state index in [0.717, 1.165) is 0 Å². The van der Waals surface area contributed by atoms with Crippen molar-refractivity contribution < 1.29 is 19.1 Å². The Labute approximate surface area is 167 Å². The molecule has 1 aliphatic rings. The maximum Gasteiger partial charge on any atom is 0.274 e. The predicted molar refractivity (Wildman–Crippen MR) is 103 cm³/mol. The fourth-order valence-corrected chi connectivity index (χ4v) is 2.92. The van der Waals surface area contributed by atoms with Gasteiger partial charge in [-0.3, -0.25) is 9.63 Å². The van der Waals surface area contributed by atoms with Crippen LogP contribution in [0, 0.1) is 0 Å². The van der Waals surface area contributed by atoms with Gasteiger partial charge >= 0.3 is 0 Å². The van der Waals surface area contributed by atoms with Gasteiger partial charge in [-0.15, -0.1) is 0 Å². The van der Waals surface area contributed by atoms with E-state index in [0.29, 0.717) is 41.1 Å². The molecule has 0 radical (unpaired) electrons. The molecule has 1 saturated heterocycles. The Morgan fingerprint density at radius 1 is 1.29 bits per heavy atom. The van der Waals surface area contributed by atoms with Crippen molar-refractivity contribution in [1.29, 1.82) is 0 Å². The van der Waals surface area contributed by atoms with Crippen molar-refractivity contribution in [3.05, 3.63) is 46.7 Å². The third kappa shape index (κ3) is 5.08. The summed E-state index contributed by atoms with van der Waals surface area (Å²) in [7, 11) is 3.26. The molecule has 10 heteroatoms. The van der Waals surface area contributed by atoms with Gasteiger partial charge < -0.3 is 20.1 Å². The zero-order valence-corrected chi connectivity index (χ0v) is 16.3. The van der Waals surface area contributed by atoms with Gasteiger partial charge in [0.25, 0.3) is 5.91 Å². The number of rotatable bonds is 8. The molecule has 2 atom stereocenters. The number of nitrogens with zero attached hydrogens (tertiary/aromatic N) is 2. The van der Waals surface area contributed by atoms with E-state index in [-0.39, 0.29) is 24.6 Å². The number of halogens is 1. The van der Waals surface area contributed by atoms with Crippen molar-refractivity contribution in [2.75, 3.05) is 32.7 Å². The monoisotopic (exact) mass is 407 g/mol. The molecule has 0 saturated carbocycles. The number of likely N-dealkylation sites (N-methyl/N-ethyl adjacent to an activating group) is 1. The minimum atomic E-state index is -0.366. The summed E-state index contributed by atoms with van der Waals surface area (Å²) >= 11 is 6.19. The molecule has 0 spiro atoms. The van der Waals surface area contributed by atoms with Gasteiger partial charge in [0.2, 0.25) is 5.95 Å². The number of carbonyl (C=O) groups excluding carboxylic acids is 1. The van der Waals surface area contributed by atoms with E-state index in [9.17, 15) is 4.79 Å². The predicted octanol–water partition coefficient (Wildman–Crippen LogP) is 1.40. The van der Waals surface area contributed by atoms with Crippen molar-refractivity contribution in [1.82, 2.24) is 20.8 Å². The first kappa shape index (κ1) is 20.3. The van der Waals surface area contributed by atoms with Crippen molar-refractivity contribution in [3.8, 4) is 5.75 Å². The van der Waals surface area contributed by atoms with Crippen LogP contribution in [0.1, 0.15) is 15.9 Å². The van der Waals surface area contributed by atoms with E-state index in [1.807, 2.05) is 7.05 Å². The number of hydroxylamine groups is 1. The third-order valence-corrected chi connectivity index (χ3v) is 4.66. The van der Waals surface area contributed by atoms with E-state index in [1.165, 1.54) is 7.11 Å². The number of ether oxygens (including phenoxy) is 2. The Bertz CT molecular complexity index is 805.